The van der Waals surface area contributed by atoms with Crippen molar-refractivity contribution < 1.29 is 9.90 Å². The van der Waals surface area contributed by atoms with E-state index in [0.717, 1.165) is 12.0 Å². The maximum Gasteiger partial charge on any atom is 0.239 e. The molecule has 4 heteroatoms. The quantitative estimate of drug-likeness (QED) is 0.896. The smallest absolute Gasteiger partial charge is 0.239 e. The number of aryl methyl sites for hydroxylation is 1. The number of likely N-dealkylation sites (N-methyl/N-ethyl adjacent to an activating group) is 1. The molecular weight excluding hydrogens is 264 g/mol. The average Bonchev–Trinajstić information content (AvgIpc) is 2.79. The van der Waals surface area contributed by atoms with E-state index in [1.165, 1.54) is 11.1 Å². The van der Waals surface area contributed by atoms with Crippen molar-refractivity contribution in [1.82, 2.24) is 10.2 Å². The summed E-state index contributed by atoms with van der Waals surface area (Å²) in [6.45, 7) is 8.82. The van der Waals surface area contributed by atoms with E-state index < -0.39 is 0 Å². The first-order valence-corrected chi connectivity index (χ1v) is 7.70. The third kappa shape index (κ3) is 2.91. The van der Waals surface area contributed by atoms with Crippen LogP contribution in [-0.2, 0) is 4.79 Å². The second-order valence-corrected chi connectivity index (χ2v) is 6.16. The minimum Gasteiger partial charge on any atom is -0.508 e. The SMILES string of the molecule is CCN(C)C(=O)C(C)NC1CC(C)c2c(C)ccc(O)c21. The van der Waals surface area contributed by atoms with E-state index in [1.54, 1.807) is 11.0 Å². The molecule has 116 valence electrons. The van der Waals surface area contributed by atoms with E-state index in [0.29, 0.717) is 18.2 Å². The molecule has 1 aromatic rings. The molecule has 0 bridgehead atoms. The number of carbonyl (C=O) groups is 1. The summed E-state index contributed by atoms with van der Waals surface area (Å²) in [5.74, 6) is 0.822. The van der Waals surface area contributed by atoms with Gasteiger partial charge < -0.3 is 10.0 Å². The Morgan fingerprint density at radius 3 is 2.76 bits per heavy atom. The van der Waals surface area contributed by atoms with Crippen molar-refractivity contribution >= 4 is 5.91 Å². The van der Waals surface area contributed by atoms with Gasteiger partial charge in [0.15, 0.2) is 0 Å². The molecule has 2 rings (SSSR count). The Labute approximate surface area is 127 Å². The van der Waals surface area contributed by atoms with Gasteiger partial charge in [-0.2, -0.15) is 0 Å². The monoisotopic (exact) mass is 290 g/mol. The fraction of sp³-hybridized carbons (Fsp3) is 0.588. The van der Waals surface area contributed by atoms with Gasteiger partial charge in [0.1, 0.15) is 5.75 Å². The highest BCUT2D eigenvalue weighted by Crippen LogP contribution is 2.46. The topological polar surface area (TPSA) is 52.6 Å². The van der Waals surface area contributed by atoms with E-state index >= 15 is 0 Å². The molecule has 0 saturated carbocycles. The Balaban J connectivity index is 2.22. The Morgan fingerprint density at radius 1 is 1.48 bits per heavy atom. The van der Waals surface area contributed by atoms with Crippen LogP contribution in [0.25, 0.3) is 0 Å². The minimum atomic E-state index is -0.252. The van der Waals surface area contributed by atoms with Gasteiger partial charge in [-0.15, -0.1) is 0 Å². The van der Waals surface area contributed by atoms with E-state index in [4.69, 9.17) is 0 Å². The molecule has 0 aliphatic heterocycles. The Hall–Kier alpha value is -1.55. The Morgan fingerprint density at radius 2 is 2.14 bits per heavy atom. The lowest BCUT2D eigenvalue weighted by molar-refractivity contribution is -0.131. The van der Waals surface area contributed by atoms with Gasteiger partial charge in [0.25, 0.3) is 0 Å². The molecule has 0 aromatic heterocycles. The van der Waals surface area contributed by atoms with Gasteiger partial charge in [-0.3, -0.25) is 10.1 Å². The fourth-order valence-electron chi connectivity index (χ4n) is 3.35. The highest BCUT2D eigenvalue weighted by molar-refractivity contribution is 5.81. The molecule has 0 radical (unpaired) electrons. The first-order valence-electron chi connectivity index (χ1n) is 7.70. The Kier molecular flexibility index (Phi) is 4.57. The maximum atomic E-state index is 12.2. The Bertz CT molecular complexity index is 542. The van der Waals surface area contributed by atoms with Gasteiger partial charge in [0.2, 0.25) is 5.91 Å². The summed E-state index contributed by atoms with van der Waals surface area (Å²) in [4.78, 5) is 13.9. The number of amides is 1. The molecule has 2 N–H and O–H groups in total. The number of fused-ring (bicyclic) bond motifs is 1. The van der Waals surface area contributed by atoms with Gasteiger partial charge in [-0.05, 0) is 50.3 Å². The van der Waals surface area contributed by atoms with Crippen molar-refractivity contribution in [1.29, 1.82) is 0 Å². The standard InChI is InChI=1S/C17H26N2O2/c1-6-19(5)17(21)12(4)18-13-9-11(3)15-10(2)7-8-14(20)16(13)15/h7-8,11-13,18,20H,6,9H2,1-5H3. The van der Waals surface area contributed by atoms with Crippen LogP contribution in [0.1, 0.15) is 55.8 Å². The zero-order valence-corrected chi connectivity index (χ0v) is 13.6. The largest absolute Gasteiger partial charge is 0.508 e. The predicted molar refractivity (Wildman–Crippen MR) is 84.5 cm³/mol. The zero-order chi connectivity index (χ0) is 15.7. The van der Waals surface area contributed by atoms with Gasteiger partial charge in [0, 0.05) is 25.2 Å². The summed E-state index contributed by atoms with van der Waals surface area (Å²) >= 11 is 0. The zero-order valence-electron chi connectivity index (χ0n) is 13.6. The summed E-state index contributed by atoms with van der Waals surface area (Å²) < 4.78 is 0. The van der Waals surface area contributed by atoms with Crippen molar-refractivity contribution in [2.75, 3.05) is 13.6 Å². The molecule has 0 fully saturated rings. The number of hydrogen-bond acceptors (Lipinski definition) is 3. The lowest BCUT2D eigenvalue weighted by atomic mass is 9.97. The van der Waals surface area contributed by atoms with E-state index in [2.05, 4.69) is 19.2 Å². The minimum absolute atomic E-state index is 0.0408. The van der Waals surface area contributed by atoms with E-state index in [1.807, 2.05) is 27.0 Å². The van der Waals surface area contributed by atoms with Crippen molar-refractivity contribution in [3.8, 4) is 5.75 Å². The van der Waals surface area contributed by atoms with Crippen LogP contribution in [0.3, 0.4) is 0 Å². The summed E-state index contributed by atoms with van der Waals surface area (Å²) in [6.07, 6.45) is 0.918. The highest BCUT2D eigenvalue weighted by Gasteiger charge is 2.34. The second kappa shape index (κ2) is 6.06. The summed E-state index contributed by atoms with van der Waals surface area (Å²) in [5, 5.41) is 13.6. The van der Waals surface area contributed by atoms with Gasteiger partial charge >= 0.3 is 0 Å². The van der Waals surface area contributed by atoms with Crippen LogP contribution in [-0.4, -0.2) is 35.5 Å². The van der Waals surface area contributed by atoms with E-state index in [-0.39, 0.29) is 18.0 Å². The third-order valence-electron chi connectivity index (χ3n) is 4.58. The second-order valence-electron chi connectivity index (χ2n) is 6.16. The third-order valence-corrected chi connectivity index (χ3v) is 4.58. The summed E-state index contributed by atoms with van der Waals surface area (Å²) in [6, 6.07) is 3.51. The van der Waals surface area contributed by atoms with Crippen LogP contribution < -0.4 is 5.32 Å². The van der Waals surface area contributed by atoms with Crippen LogP contribution in [0.5, 0.6) is 5.75 Å². The maximum absolute atomic E-state index is 12.2. The first kappa shape index (κ1) is 15.8. The molecule has 0 saturated heterocycles. The van der Waals surface area contributed by atoms with Crippen LogP contribution in [0, 0.1) is 6.92 Å². The first-order chi connectivity index (χ1) is 9.86. The van der Waals surface area contributed by atoms with Crippen molar-refractivity contribution in [3.63, 3.8) is 0 Å². The van der Waals surface area contributed by atoms with Gasteiger partial charge in [-0.25, -0.2) is 0 Å². The molecule has 21 heavy (non-hydrogen) atoms. The number of rotatable bonds is 4. The number of hydrogen-bond donors (Lipinski definition) is 2. The number of phenolic OH excluding ortho intramolecular Hbond substituents is 1. The number of nitrogens with one attached hydrogen (secondary N) is 1. The van der Waals surface area contributed by atoms with Gasteiger partial charge in [0.05, 0.1) is 6.04 Å². The number of phenols is 1. The van der Waals surface area contributed by atoms with Crippen LogP contribution in [0.2, 0.25) is 0 Å². The molecule has 3 unspecified atom stereocenters. The van der Waals surface area contributed by atoms with Crippen LogP contribution in [0.4, 0.5) is 0 Å². The fourth-order valence-corrected chi connectivity index (χ4v) is 3.35. The molecule has 0 spiro atoms. The average molecular weight is 290 g/mol. The normalized spacial score (nSPS) is 22.0. The predicted octanol–water partition coefficient (Wildman–Crippen LogP) is 2.71. The molecule has 1 amide bonds. The van der Waals surface area contributed by atoms with Crippen LogP contribution in [0.15, 0.2) is 12.1 Å². The van der Waals surface area contributed by atoms with E-state index in [9.17, 15) is 9.90 Å². The lowest BCUT2D eigenvalue weighted by Gasteiger charge is -2.24. The molecule has 1 aromatic carbocycles. The van der Waals surface area contributed by atoms with Crippen LogP contribution >= 0.6 is 0 Å². The molecule has 3 atom stereocenters. The molecule has 1 aliphatic carbocycles. The molecule has 1 aliphatic rings. The lowest BCUT2D eigenvalue weighted by Crippen LogP contribution is -2.44. The molecule has 4 nitrogen and oxygen atoms in total. The van der Waals surface area contributed by atoms with Gasteiger partial charge in [-0.1, -0.05) is 13.0 Å². The summed E-state index contributed by atoms with van der Waals surface area (Å²) in [5.41, 5.74) is 3.42. The molecular formula is C17H26N2O2. The van der Waals surface area contributed by atoms with Crippen molar-refractivity contribution in [2.45, 2.75) is 52.1 Å². The summed E-state index contributed by atoms with van der Waals surface area (Å²) in [7, 11) is 1.81. The number of nitrogens with zero attached hydrogens (tertiary/aromatic N) is 1. The molecule has 0 heterocycles. The number of carbonyl (C=O) groups excluding carboxylic acids is 1. The number of benzene rings is 1. The number of aromatic hydroxyl groups is 1. The highest BCUT2D eigenvalue weighted by atomic mass is 16.3. The van der Waals surface area contributed by atoms with Crippen molar-refractivity contribution in [3.05, 3.63) is 28.8 Å². The van der Waals surface area contributed by atoms with Crippen molar-refractivity contribution in [2.24, 2.45) is 0 Å².